The maximum atomic E-state index is 12.2. The van der Waals surface area contributed by atoms with Crippen molar-refractivity contribution >= 4 is 5.91 Å². The predicted molar refractivity (Wildman–Crippen MR) is 64.2 cm³/mol. The Morgan fingerprint density at radius 3 is 2.81 bits per heavy atom. The number of hydrogen-bond acceptors (Lipinski definition) is 3. The average molecular weight is 225 g/mol. The standard InChI is InChI=1S/C12H23N3O/c1-13-7-8-15(2)11(16)10-9-12(10)3-5-14-6-4-12/h10,13-14H,3-9H2,1-2H3. The molecule has 92 valence electrons. The fourth-order valence-corrected chi connectivity index (χ4v) is 2.83. The third kappa shape index (κ3) is 2.23. The lowest BCUT2D eigenvalue weighted by atomic mass is 9.91. The minimum Gasteiger partial charge on any atom is -0.344 e. The summed E-state index contributed by atoms with van der Waals surface area (Å²) in [5.74, 6) is 0.675. The Hall–Kier alpha value is -0.610. The normalized spacial score (nSPS) is 26.8. The second-order valence-corrected chi connectivity index (χ2v) is 5.23. The minimum atomic E-state index is 0.316. The summed E-state index contributed by atoms with van der Waals surface area (Å²) >= 11 is 0. The van der Waals surface area contributed by atoms with Gasteiger partial charge in [0.1, 0.15) is 0 Å². The van der Waals surface area contributed by atoms with E-state index >= 15 is 0 Å². The van der Waals surface area contributed by atoms with Crippen molar-refractivity contribution in [1.82, 2.24) is 15.5 Å². The molecule has 0 radical (unpaired) electrons. The topological polar surface area (TPSA) is 44.4 Å². The van der Waals surface area contributed by atoms with Crippen LogP contribution in [0.3, 0.4) is 0 Å². The van der Waals surface area contributed by atoms with Crippen LogP contribution in [0, 0.1) is 11.3 Å². The van der Waals surface area contributed by atoms with Gasteiger partial charge in [0.25, 0.3) is 0 Å². The maximum absolute atomic E-state index is 12.2. The summed E-state index contributed by atoms with van der Waals surface area (Å²) in [5.41, 5.74) is 0.371. The fraction of sp³-hybridized carbons (Fsp3) is 0.917. The molecular weight excluding hydrogens is 202 g/mol. The largest absolute Gasteiger partial charge is 0.344 e. The molecule has 1 heterocycles. The van der Waals surface area contributed by atoms with E-state index in [-0.39, 0.29) is 0 Å². The average Bonchev–Trinajstić information content (AvgIpc) is 2.99. The van der Waals surface area contributed by atoms with Gasteiger partial charge in [-0.25, -0.2) is 0 Å². The van der Waals surface area contributed by atoms with E-state index in [1.165, 1.54) is 12.8 Å². The lowest BCUT2D eigenvalue weighted by Gasteiger charge is -2.25. The number of nitrogens with one attached hydrogen (secondary N) is 2. The summed E-state index contributed by atoms with van der Waals surface area (Å²) in [4.78, 5) is 14.0. The number of carbonyl (C=O) groups excluding carboxylic acids is 1. The van der Waals surface area contributed by atoms with Crippen LogP contribution in [0.5, 0.6) is 0 Å². The summed E-state index contributed by atoms with van der Waals surface area (Å²) in [5, 5.41) is 6.45. The van der Waals surface area contributed by atoms with Crippen LogP contribution >= 0.6 is 0 Å². The van der Waals surface area contributed by atoms with Crippen molar-refractivity contribution in [2.24, 2.45) is 11.3 Å². The van der Waals surface area contributed by atoms with Crippen molar-refractivity contribution in [3.05, 3.63) is 0 Å². The Bertz CT molecular complexity index is 261. The van der Waals surface area contributed by atoms with E-state index in [2.05, 4.69) is 10.6 Å². The Morgan fingerprint density at radius 2 is 2.19 bits per heavy atom. The smallest absolute Gasteiger partial charge is 0.226 e. The number of hydrogen-bond donors (Lipinski definition) is 2. The van der Waals surface area contributed by atoms with Crippen LogP contribution in [0.2, 0.25) is 0 Å². The number of rotatable bonds is 4. The van der Waals surface area contributed by atoms with Crippen molar-refractivity contribution in [2.45, 2.75) is 19.3 Å². The molecule has 0 bridgehead atoms. The van der Waals surface area contributed by atoms with E-state index < -0.39 is 0 Å². The molecule has 4 heteroatoms. The Balaban J connectivity index is 1.83. The van der Waals surface area contributed by atoms with Gasteiger partial charge in [0.15, 0.2) is 0 Å². The van der Waals surface area contributed by atoms with Gasteiger partial charge in [-0.2, -0.15) is 0 Å². The molecular formula is C12H23N3O. The van der Waals surface area contributed by atoms with Gasteiger partial charge in [-0.05, 0) is 44.8 Å². The lowest BCUT2D eigenvalue weighted by Crippen LogP contribution is -2.37. The van der Waals surface area contributed by atoms with Crippen LogP contribution < -0.4 is 10.6 Å². The molecule has 0 aromatic carbocycles. The van der Waals surface area contributed by atoms with E-state index in [1.54, 1.807) is 0 Å². The zero-order chi connectivity index (χ0) is 11.6. The highest BCUT2D eigenvalue weighted by Gasteiger charge is 2.58. The molecule has 4 nitrogen and oxygen atoms in total. The van der Waals surface area contributed by atoms with E-state index in [1.807, 2.05) is 19.0 Å². The van der Waals surface area contributed by atoms with Crippen LogP contribution in [0.25, 0.3) is 0 Å². The monoisotopic (exact) mass is 225 g/mol. The predicted octanol–water partition coefficient (Wildman–Crippen LogP) is 0.0539. The third-order valence-corrected chi connectivity index (χ3v) is 4.16. The van der Waals surface area contributed by atoms with Crippen LogP contribution in [0.1, 0.15) is 19.3 Å². The van der Waals surface area contributed by atoms with Crippen LogP contribution in [0.15, 0.2) is 0 Å². The molecule has 0 aromatic heterocycles. The molecule has 2 rings (SSSR count). The van der Waals surface area contributed by atoms with E-state index in [9.17, 15) is 4.79 Å². The number of likely N-dealkylation sites (N-methyl/N-ethyl adjacent to an activating group) is 2. The number of amides is 1. The van der Waals surface area contributed by atoms with Crippen molar-refractivity contribution in [1.29, 1.82) is 0 Å². The first-order chi connectivity index (χ1) is 7.69. The fourth-order valence-electron chi connectivity index (χ4n) is 2.83. The van der Waals surface area contributed by atoms with Crippen molar-refractivity contribution in [3.63, 3.8) is 0 Å². The molecule has 16 heavy (non-hydrogen) atoms. The molecule has 2 N–H and O–H groups in total. The third-order valence-electron chi connectivity index (χ3n) is 4.16. The molecule has 1 saturated carbocycles. The molecule has 1 saturated heterocycles. The molecule has 1 atom stereocenters. The summed E-state index contributed by atoms with van der Waals surface area (Å²) < 4.78 is 0. The molecule has 1 spiro atoms. The van der Waals surface area contributed by atoms with Crippen LogP contribution in [0.4, 0.5) is 0 Å². The van der Waals surface area contributed by atoms with Crippen LogP contribution in [-0.2, 0) is 4.79 Å². The Labute approximate surface area is 97.8 Å². The van der Waals surface area contributed by atoms with Gasteiger partial charge in [0.05, 0.1) is 0 Å². The minimum absolute atomic E-state index is 0.316. The molecule has 1 unspecified atom stereocenters. The van der Waals surface area contributed by atoms with Gasteiger partial charge in [0, 0.05) is 26.1 Å². The first-order valence-corrected chi connectivity index (χ1v) is 6.30. The van der Waals surface area contributed by atoms with Gasteiger partial charge in [-0.1, -0.05) is 0 Å². The molecule has 1 aliphatic heterocycles. The second-order valence-electron chi connectivity index (χ2n) is 5.23. The quantitative estimate of drug-likeness (QED) is 0.711. The molecule has 2 fully saturated rings. The van der Waals surface area contributed by atoms with Crippen molar-refractivity contribution in [3.8, 4) is 0 Å². The van der Waals surface area contributed by atoms with Crippen molar-refractivity contribution < 1.29 is 4.79 Å². The summed E-state index contributed by atoms with van der Waals surface area (Å²) in [6, 6.07) is 0. The van der Waals surface area contributed by atoms with Gasteiger partial charge in [-0.15, -0.1) is 0 Å². The molecule has 1 amide bonds. The zero-order valence-corrected chi connectivity index (χ0v) is 10.4. The maximum Gasteiger partial charge on any atom is 0.226 e. The SMILES string of the molecule is CNCCN(C)C(=O)C1CC12CCNCC2. The van der Waals surface area contributed by atoms with Gasteiger partial charge >= 0.3 is 0 Å². The highest BCUT2D eigenvalue weighted by molar-refractivity contribution is 5.82. The molecule has 2 aliphatic rings. The van der Waals surface area contributed by atoms with Crippen LogP contribution in [-0.4, -0.2) is 51.1 Å². The molecule has 0 aromatic rings. The van der Waals surface area contributed by atoms with E-state index in [0.29, 0.717) is 17.2 Å². The number of piperidine rings is 1. The summed E-state index contributed by atoms with van der Waals surface area (Å²) in [6.07, 6.45) is 3.49. The summed E-state index contributed by atoms with van der Waals surface area (Å²) in [7, 11) is 3.84. The zero-order valence-electron chi connectivity index (χ0n) is 10.4. The van der Waals surface area contributed by atoms with E-state index in [4.69, 9.17) is 0 Å². The van der Waals surface area contributed by atoms with Gasteiger partial charge in [-0.3, -0.25) is 4.79 Å². The van der Waals surface area contributed by atoms with Gasteiger partial charge in [0.2, 0.25) is 5.91 Å². The highest BCUT2D eigenvalue weighted by Crippen LogP contribution is 2.59. The Morgan fingerprint density at radius 1 is 1.50 bits per heavy atom. The Kier molecular flexibility index (Phi) is 3.50. The van der Waals surface area contributed by atoms with Gasteiger partial charge < -0.3 is 15.5 Å². The second kappa shape index (κ2) is 4.72. The first kappa shape index (κ1) is 11.9. The first-order valence-electron chi connectivity index (χ1n) is 6.30. The van der Waals surface area contributed by atoms with E-state index in [0.717, 1.165) is 32.6 Å². The lowest BCUT2D eigenvalue weighted by molar-refractivity contribution is -0.132. The highest BCUT2D eigenvalue weighted by atomic mass is 16.2. The number of carbonyl (C=O) groups is 1. The summed E-state index contributed by atoms with van der Waals surface area (Å²) in [6.45, 7) is 3.87. The number of nitrogens with zero attached hydrogens (tertiary/aromatic N) is 1. The van der Waals surface area contributed by atoms with Crippen molar-refractivity contribution in [2.75, 3.05) is 40.3 Å². The molecule has 1 aliphatic carbocycles.